The Morgan fingerprint density at radius 1 is 1.38 bits per heavy atom. The maximum Gasteiger partial charge on any atom is 0.135 e. The first-order valence-corrected chi connectivity index (χ1v) is 6.97. The van der Waals surface area contributed by atoms with Crippen LogP contribution in [-0.4, -0.2) is 34.3 Å². The normalized spacial score (nSPS) is 33.2. The molecule has 3 heterocycles. The van der Waals surface area contributed by atoms with Crippen LogP contribution in [-0.2, 0) is 0 Å². The van der Waals surface area contributed by atoms with E-state index in [1.807, 2.05) is 6.92 Å². The van der Waals surface area contributed by atoms with Crippen LogP contribution in [0, 0.1) is 16.4 Å². The summed E-state index contributed by atoms with van der Waals surface area (Å²) in [6.45, 7) is 5.74. The van der Waals surface area contributed by atoms with Crippen LogP contribution >= 0.6 is 22.6 Å². The summed E-state index contributed by atoms with van der Waals surface area (Å²) >= 11 is 2.30. The molecule has 16 heavy (non-hydrogen) atoms. The van der Waals surface area contributed by atoms with Crippen LogP contribution in [0.3, 0.4) is 0 Å². The van der Waals surface area contributed by atoms with Gasteiger partial charge in [0.1, 0.15) is 5.82 Å². The number of nitrogen functional groups attached to an aromatic ring is 1. The second-order valence-electron chi connectivity index (χ2n) is 4.93. The standard InChI is InChI=1S/C11H17IN4/c1-7-10(12)11(13)16(14-7)9-3-5-15-4-2-8(9)6-15/h8-9H,2-6,13H2,1H3. The zero-order valence-corrected chi connectivity index (χ0v) is 11.6. The quantitative estimate of drug-likeness (QED) is 0.796. The zero-order valence-electron chi connectivity index (χ0n) is 9.49. The molecule has 2 saturated heterocycles. The zero-order chi connectivity index (χ0) is 11.3. The predicted octanol–water partition coefficient (Wildman–Crippen LogP) is 1.65. The van der Waals surface area contributed by atoms with E-state index < -0.39 is 0 Å². The Bertz CT molecular complexity index is 414. The number of halogens is 1. The number of hydrogen-bond acceptors (Lipinski definition) is 3. The summed E-state index contributed by atoms with van der Waals surface area (Å²) in [5.74, 6) is 1.62. The van der Waals surface area contributed by atoms with Crippen molar-refractivity contribution in [3.8, 4) is 0 Å². The van der Waals surface area contributed by atoms with Crippen LogP contribution in [0.15, 0.2) is 0 Å². The lowest BCUT2D eigenvalue weighted by Gasteiger charge is -2.31. The van der Waals surface area contributed by atoms with Gasteiger partial charge in [0.25, 0.3) is 0 Å². The minimum Gasteiger partial charge on any atom is -0.383 e. The first-order valence-electron chi connectivity index (χ1n) is 5.89. The van der Waals surface area contributed by atoms with Gasteiger partial charge in [-0.25, -0.2) is 4.68 Å². The van der Waals surface area contributed by atoms with Crippen molar-refractivity contribution >= 4 is 28.4 Å². The molecule has 2 bridgehead atoms. The average molecular weight is 332 g/mol. The number of aromatic nitrogens is 2. The molecule has 2 aliphatic rings. The number of piperidine rings is 1. The van der Waals surface area contributed by atoms with Gasteiger partial charge in [-0.2, -0.15) is 5.10 Å². The van der Waals surface area contributed by atoms with Gasteiger partial charge in [-0.05, 0) is 54.8 Å². The second kappa shape index (κ2) is 3.87. The third kappa shape index (κ3) is 1.55. The third-order valence-corrected chi connectivity index (χ3v) is 5.29. The molecule has 3 unspecified atom stereocenters. The summed E-state index contributed by atoms with van der Waals surface area (Å²) in [5.41, 5.74) is 7.21. The fourth-order valence-corrected chi connectivity index (χ4v) is 3.41. The van der Waals surface area contributed by atoms with Crippen molar-refractivity contribution in [2.24, 2.45) is 5.92 Å². The molecule has 0 spiro atoms. The van der Waals surface area contributed by atoms with E-state index in [2.05, 4.69) is 37.3 Å². The maximum atomic E-state index is 6.14. The van der Waals surface area contributed by atoms with E-state index in [1.54, 1.807) is 0 Å². The van der Waals surface area contributed by atoms with E-state index in [1.165, 1.54) is 32.5 Å². The molecule has 1 aromatic heterocycles. The van der Waals surface area contributed by atoms with Crippen molar-refractivity contribution in [2.75, 3.05) is 25.4 Å². The molecule has 2 N–H and O–H groups in total. The molecule has 2 aliphatic heterocycles. The molecule has 5 heteroatoms. The van der Waals surface area contributed by atoms with Crippen LogP contribution in [0.25, 0.3) is 0 Å². The average Bonchev–Trinajstić information content (AvgIpc) is 2.77. The number of nitrogens with zero attached hydrogens (tertiary/aromatic N) is 3. The van der Waals surface area contributed by atoms with Crippen molar-refractivity contribution < 1.29 is 0 Å². The molecule has 0 amide bonds. The van der Waals surface area contributed by atoms with Crippen molar-refractivity contribution in [1.29, 1.82) is 0 Å². The van der Waals surface area contributed by atoms with Gasteiger partial charge < -0.3 is 10.6 Å². The summed E-state index contributed by atoms with van der Waals surface area (Å²) in [5, 5.41) is 4.62. The topological polar surface area (TPSA) is 47.1 Å². The van der Waals surface area contributed by atoms with Gasteiger partial charge in [-0.3, -0.25) is 0 Å². The lowest BCUT2D eigenvalue weighted by atomic mass is 9.94. The van der Waals surface area contributed by atoms with Gasteiger partial charge in [-0.1, -0.05) is 0 Å². The highest BCUT2D eigenvalue weighted by atomic mass is 127. The first kappa shape index (κ1) is 10.8. The van der Waals surface area contributed by atoms with E-state index in [0.29, 0.717) is 6.04 Å². The number of anilines is 1. The van der Waals surface area contributed by atoms with E-state index in [0.717, 1.165) is 21.0 Å². The van der Waals surface area contributed by atoms with Crippen molar-refractivity contribution in [3.05, 3.63) is 9.26 Å². The minimum absolute atomic E-state index is 0.529. The van der Waals surface area contributed by atoms with Crippen LogP contribution in [0.1, 0.15) is 24.6 Å². The number of rotatable bonds is 1. The molecular formula is C11H17IN4. The summed E-state index contributed by atoms with van der Waals surface area (Å²) < 4.78 is 3.21. The number of fused-ring (bicyclic) bond motifs is 2. The molecule has 1 aromatic rings. The Kier molecular flexibility index (Phi) is 2.62. The minimum atomic E-state index is 0.529. The van der Waals surface area contributed by atoms with E-state index in [9.17, 15) is 0 Å². The Hall–Kier alpha value is -0.300. The summed E-state index contributed by atoms with van der Waals surface area (Å²) in [7, 11) is 0. The Balaban J connectivity index is 1.94. The Morgan fingerprint density at radius 3 is 2.81 bits per heavy atom. The van der Waals surface area contributed by atoms with Crippen molar-refractivity contribution in [2.45, 2.75) is 25.8 Å². The van der Waals surface area contributed by atoms with Gasteiger partial charge in [0, 0.05) is 13.1 Å². The molecule has 0 radical (unpaired) electrons. The van der Waals surface area contributed by atoms with Gasteiger partial charge >= 0.3 is 0 Å². The van der Waals surface area contributed by atoms with Crippen LogP contribution in [0.4, 0.5) is 5.82 Å². The van der Waals surface area contributed by atoms with Gasteiger partial charge in [0.05, 0.1) is 15.3 Å². The third-order valence-electron chi connectivity index (χ3n) is 3.96. The molecule has 0 aromatic carbocycles. The Morgan fingerprint density at radius 2 is 2.12 bits per heavy atom. The van der Waals surface area contributed by atoms with Crippen LogP contribution in [0.2, 0.25) is 0 Å². The highest BCUT2D eigenvalue weighted by Crippen LogP contribution is 2.37. The van der Waals surface area contributed by atoms with Gasteiger partial charge in [0.15, 0.2) is 0 Å². The molecule has 88 valence electrons. The van der Waals surface area contributed by atoms with E-state index >= 15 is 0 Å². The number of nitrogens with two attached hydrogens (primary N) is 1. The van der Waals surface area contributed by atoms with Crippen molar-refractivity contribution in [1.82, 2.24) is 14.7 Å². The summed E-state index contributed by atoms with van der Waals surface area (Å²) in [6, 6.07) is 0.529. The molecule has 3 atom stereocenters. The SMILES string of the molecule is Cc1nn(C2CCN3CCC2C3)c(N)c1I. The molecule has 0 saturated carbocycles. The summed E-state index contributed by atoms with van der Waals surface area (Å²) in [6.07, 6.45) is 2.51. The monoisotopic (exact) mass is 332 g/mol. The molecule has 0 aliphatic carbocycles. The summed E-state index contributed by atoms with van der Waals surface area (Å²) in [4.78, 5) is 2.55. The molecular weight excluding hydrogens is 315 g/mol. The Labute approximate surface area is 109 Å². The fourth-order valence-electron chi connectivity index (χ4n) is 3.05. The first-order chi connectivity index (χ1) is 7.66. The van der Waals surface area contributed by atoms with Gasteiger partial charge in [0.2, 0.25) is 0 Å². The van der Waals surface area contributed by atoms with Gasteiger partial charge in [-0.15, -0.1) is 0 Å². The largest absolute Gasteiger partial charge is 0.383 e. The van der Waals surface area contributed by atoms with Crippen molar-refractivity contribution in [3.63, 3.8) is 0 Å². The fraction of sp³-hybridized carbons (Fsp3) is 0.727. The highest BCUT2D eigenvalue weighted by Gasteiger charge is 2.36. The maximum absolute atomic E-state index is 6.14. The molecule has 2 fully saturated rings. The van der Waals surface area contributed by atoms with Crippen LogP contribution < -0.4 is 5.73 Å². The van der Waals surface area contributed by atoms with E-state index in [-0.39, 0.29) is 0 Å². The second-order valence-corrected chi connectivity index (χ2v) is 6.01. The lowest BCUT2D eigenvalue weighted by molar-refractivity contribution is 0.196. The molecule has 3 rings (SSSR count). The predicted molar refractivity (Wildman–Crippen MR) is 72.3 cm³/mol. The highest BCUT2D eigenvalue weighted by molar-refractivity contribution is 14.1. The lowest BCUT2D eigenvalue weighted by Crippen LogP contribution is -2.34. The number of hydrogen-bond donors (Lipinski definition) is 1. The van der Waals surface area contributed by atoms with E-state index in [4.69, 9.17) is 5.73 Å². The van der Waals surface area contributed by atoms with Crippen LogP contribution in [0.5, 0.6) is 0 Å². The number of aryl methyl sites for hydroxylation is 1. The molecule has 4 nitrogen and oxygen atoms in total. The smallest absolute Gasteiger partial charge is 0.135 e.